The number of hydrogen-bond acceptors (Lipinski definition) is 3. The maximum Gasteiger partial charge on any atom is 0.433 e. The molecule has 0 amide bonds. The molecule has 0 aromatic carbocycles. The number of nitrogens with zero attached hydrogens (tertiary/aromatic N) is 3. The maximum absolute atomic E-state index is 12.6. The Kier molecular flexibility index (Phi) is 3.94. The van der Waals surface area contributed by atoms with Gasteiger partial charge < -0.3 is 4.90 Å². The van der Waals surface area contributed by atoms with Gasteiger partial charge in [-0.3, -0.25) is 0 Å². The average Bonchev–Trinajstić information content (AvgIpc) is 2.25. The molecule has 0 aliphatic heterocycles. The lowest BCUT2D eigenvalue weighted by atomic mass is 9.92. The van der Waals surface area contributed by atoms with Gasteiger partial charge in [-0.1, -0.05) is 0 Å². The molecular weight excluding hydrogens is 267 g/mol. The smallest absolute Gasteiger partial charge is 0.337 e. The van der Waals surface area contributed by atoms with Crippen LogP contribution < -0.4 is 4.90 Å². The quantitative estimate of drug-likeness (QED) is 0.793. The number of hydrogen-bond donors (Lipinski definition) is 0. The Hall–Kier alpha value is -1.04. The third kappa shape index (κ3) is 2.85. The van der Waals surface area contributed by atoms with Crippen LogP contribution in [0, 0.1) is 0 Å². The molecule has 0 unspecified atom stereocenters. The first-order valence-electron chi connectivity index (χ1n) is 5.75. The first kappa shape index (κ1) is 13.4. The molecule has 1 saturated carbocycles. The highest BCUT2D eigenvalue weighted by Crippen LogP contribution is 2.31. The highest BCUT2D eigenvalue weighted by Gasteiger charge is 2.34. The average molecular weight is 280 g/mol. The van der Waals surface area contributed by atoms with Crippen LogP contribution in [0.5, 0.6) is 0 Å². The number of alkyl halides is 4. The predicted molar refractivity (Wildman–Crippen MR) is 62.7 cm³/mol. The van der Waals surface area contributed by atoms with Gasteiger partial charge in [-0.2, -0.15) is 13.2 Å². The fraction of sp³-hybridized carbons (Fsp3) is 0.636. The molecule has 1 aromatic heterocycles. The van der Waals surface area contributed by atoms with E-state index in [0.29, 0.717) is 12.4 Å². The summed E-state index contributed by atoms with van der Waals surface area (Å²) in [4.78, 5) is 9.30. The van der Waals surface area contributed by atoms with Crippen molar-refractivity contribution in [1.29, 1.82) is 0 Å². The molecule has 1 aliphatic carbocycles. The van der Waals surface area contributed by atoms with E-state index in [-0.39, 0.29) is 12.0 Å². The Morgan fingerprint density at radius 1 is 1.39 bits per heavy atom. The fourth-order valence-electron chi connectivity index (χ4n) is 1.88. The van der Waals surface area contributed by atoms with Gasteiger partial charge in [-0.05, 0) is 25.3 Å². The molecule has 1 aliphatic rings. The van der Waals surface area contributed by atoms with Gasteiger partial charge in [0, 0.05) is 24.7 Å². The van der Waals surface area contributed by atoms with Crippen molar-refractivity contribution in [2.24, 2.45) is 0 Å². The summed E-state index contributed by atoms with van der Waals surface area (Å²) in [7, 11) is 0. The second kappa shape index (κ2) is 5.30. The zero-order valence-electron chi connectivity index (χ0n) is 9.62. The van der Waals surface area contributed by atoms with E-state index in [2.05, 4.69) is 9.97 Å². The minimum atomic E-state index is -4.44. The van der Waals surface area contributed by atoms with Gasteiger partial charge in [-0.25, -0.2) is 9.97 Å². The van der Waals surface area contributed by atoms with Crippen LogP contribution in [0.25, 0.3) is 0 Å². The Bertz CT molecular complexity index is 407. The third-order valence-corrected chi connectivity index (χ3v) is 3.20. The third-order valence-electron chi connectivity index (χ3n) is 3.03. The SMILES string of the molecule is FC(F)(F)c1ccnc(N(CCCl)C2CCC2)n1. The Labute approximate surface area is 108 Å². The van der Waals surface area contributed by atoms with E-state index in [0.717, 1.165) is 31.5 Å². The van der Waals surface area contributed by atoms with Crippen molar-refractivity contribution < 1.29 is 13.2 Å². The summed E-state index contributed by atoms with van der Waals surface area (Å²) in [6.07, 6.45) is -0.301. The largest absolute Gasteiger partial charge is 0.433 e. The molecule has 0 radical (unpaired) electrons. The van der Waals surface area contributed by atoms with Crippen molar-refractivity contribution in [2.45, 2.75) is 31.5 Å². The van der Waals surface area contributed by atoms with Crippen LogP contribution in [-0.4, -0.2) is 28.4 Å². The Balaban J connectivity index is 2.24. The highest BCUT2D eigenvalue weighted by atomic mass is 35.5. The molecule has 0 spiro atoms. The van der Waals surface area contributed by atoms with Gasteiger partial charge in [0.2, 0.25) is 5.95 Å². The molecule has 1 fully saturated rings. The lowest BCUT2D eigenvalue weighted by Gasteiger charge is -2.37. The molecule has 0 bridgehead atoms. The van der Waals surface area contributed by atoms with E-state index in [1.54, 1.807) is 4.90 Å². The topological polar surface area (TPSA) is 29.0 Å². The summed E-state index contributed by atoms with van der Waals surface area (Å²) in [5.41, 5.74) is -0.911. The minimum absolute atomic E-state index is 0.121. The van der Waals surface area contributed by atoms with Crippen molar-refractivity contribution in [3.05, 3.63) is 18.0 Å². The summed E-state index contributed by atoms with van der Waals surface area (Å²) < 4.78 is 37.7. The standard InChI is InChI=1S/C11H13ClF3N3/c12-5-7-18(8-2-1-3-8)10-16-6-4-9(17-10)11(13,14)15/h4,6,8H,1-3,5,7H2. The van der Waals surface area contributed by atoms with E-state index in [4.69, 9.17) is 11.6 Å². The van der Waals surface area contributed by atoms with E-state index < -0.39 is 11.9 Å². The van der Waals surface area contributed by atoms with E-state index in [1.165, 1.54) is 0 Å². The molecule has 0 saturated heterocycles. The molecule has 100 valence electrons. The van der Waals surface area contributed by atoms with E-state index in [1.807, 2.05) is 0 Å². The summed E-state index contributed by atoms with van der Waals surface area (Å²) in [6.45, 7) is 0.466. The predicted octanol–water partition coefficient (Wildman–Crippen LogP) is 3.09. The van der Waals surface area contributed by atoms with Gasteiger partial charge in [-0.15, -0.1) is 11.6 Å². The monoisotopic (exact) mass is 279 g/mol. The van der Waals surface area contributed by atoms with E-state index >= 15 is 0 Å². The zero-order chi connectivity index (χ0) is 13.2. The van der Waals surface area contributed by atoms with Crippen LogP contribution in [0.4, 0.5) is 19.1 Å². The van der Waals surface area contributed by atoms with Gasteiger partial charge in [0.1, 0.15) is 5.69 Å². The van der Waals surface area contributed by atoms with Crippen LogP contribution in [0.15, 0.2) is 12.3 Å². The van der Waals surface area contributed by atoms with Gasteiger partial charge in [0.05, 0.1) is 0 Å². The van der Waals surface area contributed by atoms with Crippen LogP contribution in [0.3, 0.4) is 0 Å². The summed E-state index contributed by atoms with van der Waals surface area (Å²) in [5.74, 6) is 0.464. The number of halogens is 4. The van der Waals surface area contributed by atoms with Crippen LogP contribution >= 0.6 is 11.6 Å². The molecule has 2 rings (SSSR count). The molecular formula is C11H13ClF3N3. The first-order chi connectivity index (χ1) is 8.52. The fourth-order valence-corrected chi connectivity index (χ4v) is 2.06. The normalized spacial score (nSPS) is 16.4. The summed E-state index contributed by atoms with van der Waals surface area (Å²) >= 11 is 5.68. The number of rotatable bonds is 4. The highest BCUT2D eigenvalue weighted by molar-refractivity contribution is 6.18. The van der Waals surface area contributed by atoms with Crippen molar-refractivity contribution in [2.75, 3.05) is 17.3 Å². The van der Waals surface area contributed by atoms with Crippen molar-refractivity contribution >= 4 is 17.5 Å². The second-order valence-corrected chi connectivity index (χ2v) is 4.58. The molecule has 0 atom stereocenters. The molecule has 1 heterocycles. The molecule has 0 N–H and O–H groups in total. The second-order valence-electron chi connectivity index (χ2n) is 4.21. The number of aromatic nitrogens is 2. The maximum atomic E-state index is 12.6. The molecule has 3 nitrogen and oxygen atoms in total. The number of anilines is 1. The van der Waals surface area contributed by atoms with Gasteiger partial charge in [0.15, 0.2) is 0 Å². The lowest BCUT2D eigenvalue weighted by molar-refractivity contribution is -0.141. The molecule has 7 heteroatoms. The van der Waals surface area contributed by atoms with Crippen molar-refractivity contribution in [3.63, 3.8) is 0 Å². The summed E-state index contributed by atoms with van der Waals surface area (Å²) in [6, 6.07) is 1.09. The summed E-state index contributed by atoms with van der Waals surface area (Å²) in [5, 5.41) is 0. The zero-order valence-corrected chi connectivity index (χ0v) is 10.4. The Morgan fingerprint density at radius 3 is 2.61 bits per heavy atom. The van der Waals surface area contributed by atoms with Gasteiger partial charge >= 0.3 is 6.18 Å². The van der Waals surface area contributed by atoms with Crippen LogP contribution in [-0.2, 0) is 6.18 Å². The lowest BCUT2D eigenvalue weighted by Crippen LogP contribution is -2.42. The molecule has 18 heavy (non-hydrogen) atoms. The Morgan fingerprint density at radius 2 is 2.11 bits per heavy atom. The first-order valence-corrected chi connectivity index (χ1v) is 6.28. The van der Waals surface area contributed by atoms with Crippen LogP contribution in [0.2, 0.25) is 0 Å². The van der Waals surface area contributed by atoms with Crippen LogP contribution in [0.1, 0.15) is 25.0 Å². The molecule has 1 aromatic rings. The minimum Gasteiger partial charge on any atom is -0.337 e. The van der Waals surface area contributed by atoms with Crippen molar-refractivity contribution in [3.8, 4) is 0 Å². The van der Waals surface area contributed by atoms with Crippen molar-refractivity contribution in [1.82, 2.24) is 9.97 Å². The van der Waals surface area contributed by atoms with Gasteiger partial charge in [0.25, 0.3) is 0 Å². The van der Waals surface area contributed by atoms with E-state index in [9.17, 15) is 13.2 Å².